The molecular weight excluding hydrogens is 280 g/mol. The van der Waals surface area contributed by atoms with Crippen LogP contribution in [0.5, 0.6) is 5.75 Å². The van der Waals surface area contributed by atoms with E-state index in [4.69, 9.17) is 31.1 Å². The third-order valence-electron chi connectivity index (χ3n) is 2.96. The molecule has 1 aromatic rings. The molecule has 0 aromatic carbocycles. The molecule has 108 valence electrons. The van der Waals surface area contributed by atoms with Crippen LogP contribution >= 0.6 is 11.6 Å². The molecule has 1 aliphatic rings. The van der Waals surface area contributed by atoms with E-state index in [-0.39, 0.29) is 12.2 Å². The van der Waals surface area contributed by atoms with Gasteiger partial charge in [-0.3, -0.25) is 4.98 Å². The van der Waals surface area contributed by atoms with Crippen molar-refractivity contribution in [3.8, 4) is 11.8 Å². The lowest BCUT2D eigenvalue weighted by Crippen LogP contribution is -2.24. The van der Waals surface area contributed by atoms with Crippen LogP contribution in [-0.4, -0.2) is 31.1 Å². The van der Waals surface area contributed by atoms with Crippen molar-refractivity contribution < 1.29 is 14.2 Å². The Morgan fingerprint density at radius 3 is 3.05 bits per heavy atom. The van der Waals surface area contributed by atoms with Gasteiger partial charge >= 0.3 is 0 Å². The molecule has 0 N–H and O–H groups in total. The average molecular weight is 297 g/mol. The summed E-state index contributed by atoms with van der Waals surface area (Å²) in [5, 5.41) is 9.05. The summed E-state index contributed by atoms with van der Waals surface area (Å²) >= 11 is 5.67. The van der Waals surface area contributed by atoms with Crippen LogP contribution in [0.1, 0.15) is 30.5 Å². The Kier molecular flexibility index (Phi) is 6.06. The quantitative estimate of drug-likeness (QED) is 0.596. The highest BCUT2D eigenvalue weighted by atomic mass is 35.5. The minimum atomic E-state index is -0.125. The van der Waals surface area contributed by atoms with Crippen LogP contribution in [0.3, 0.4) is 0 Å². The number of rotatable bonds is 6. The number of aromatic nitrogens is 1. The number of alkyl halides is 1. The molecule has 0 saturated carbocycles. The van der Waals surface area contributed by atoms with Crippen molar-refractivity contribution >= 4 is 11.6 Å². The number of ether oxygens (including phenoxy) is 3. The molecule has 0 bridgehead atoms. The topological polar surface area (TPSA) is 64.4 Å². The summed E-state index contributed by atoms with van der Waals surface area (Å²) in [6.45, 7) is 1.54. The first-order chi connectivity index (χ1) is 9.83. The van der Waals surface area contributed by atoms with E-state index in [0.29, 0.717) is 30.2 Å². The SMILES string of the molecule is N#Cc1cc(CCl)ncc1OCCOC1CCCCO1. The van der Waals surface area contributed by atoms with Crippen molar-refractivity contribution in [2.45, 2.75) is 31.4 Å². The van der Waals surface area contributed by atoms with Crippen molar-refractivity contribution in [1.82, 2.24) is 4.98 Å². The van der Waals surface area contributed by atoms with E-state index < -0.39 is 0 Å². The maximum atomic E-state index is 9.05. The summed E-state index contributed by atoms with van der Waals surface area (Å²) < 4.78 is 16.5. The summed E-state index contributed by atoms with van der Waals surface area (Å²) in [7, 11) is 0. The third kappa shape index (κ3) is 4.34. The Labute approximate surface area is 123 Å². The second-order valence-corrected chi connectivity index (χ2v) is 4.70. The first-order valence-corrected chi connectivity index (χ1v) is 7.18. The van der Waals surface area contributed by atoms with E-state index in [9.17, 15) is 0 Å². The Morgan fingerprint density at radius 2 is 2.35 bits per heavy atom. The molecule has 1 aromatic heterocycles. The fourth-order valence-corrected chi connectivity index (χ4v) is 2.08. The molecule has 6 heteroatoms. The molecule has 1 atom stereocenters. The number of nitriles is 1. The largest absolute Gasteiger partial charge is 0.488 e. The van der Waals surface area contributed by atoms with Crippen molar-refractivity contribution in [2.75, 3.05) is 19.8 Å². The zero-order chi connectivity index (χ0) is 14.2. The Balaban J connectivity index is 1.77. The van der Waals surface area contributed by atoms with Gasteiger partial charge in [0.1, 0.15) is 12.7 Å². The third-order valence-corrected chi connectivity index (χ3v) is 3.24. The monoisotopic (exact) mass is 296 g/mol. The fourth-order valence-electron chi connectivity index (χ4n) is 1.94. The maximum absolute atomic E-state index is 9.05. The Hall–Kier alpha value is -1.35. The van der Waals surface area contributed by atoms with E-state index in [0.717, 1.165) is 25.9 Å². The number of pyridine rings is 1. The summed E-state index contributed by atoms with van der Waals surface area (Å²) in [6.07, 6.45) is 4.55. The van der Waals surface area contributed by atoms with Crippen molar-refractivity contribution in [1.29, 1.82) is 5.26 Å². The van der Waals surface area contributed by atoms with Crippen LogP contribution in [-0.2, 0) is 15.4 Å². The van der Waals surface area contributed by atoms with Gasteiger partial charge in [0.15, 0.2) is 12.0 Å². The maximum Gasteiger partial charge on any atom is 0.157 e. The van der Waals surface area contributed by atoms with Gasteiger partial charge in [-0.1, -0.05) is 0 Å². The van der Waals surface area contributed by atoms with Crippen LogP contribution < -0.4 is 4.74 Å². The molecule has 0 spiro atoms. The molecule has 5 nitrogen and oxygen atoms in total. The van der Waals surface area contributed by atoms with Crippen LogP contribution in [0, 0.1) is 11.3 Å². The van der Waals surface area contributed by atoms with Crippen LogP contribution in [0.25, 0.3) is 0 Å². The van der Waals surface area contributed by atoms with E-state index in [1.165, 1.54) is 6.20 Å². The predicted molar refractivity (Wildman–Crippen MR) is 73.5 cm³/mol. The van der Waals surface area contributed by atoms with Crippen LogP contribution in [0.2, 0.25) is 0 Å². The smallest absolute Gasteiger partial charge is 0.157 e. The van der Waals surface area contributed by atoms with Crippen molar-refractivity contribution in [3.05, 3.63) is 23.5 Å². The number of nitrogens with zero attached hydrogens (tertiary/aromatic N) is 2. The van der Waals surface area contributed by atoms with Crippen LogP contribution in [0.15, 0.2) is 12.3 Å². The second-order valence-electron chi connectivity index (χ2n) is 4.43. The highest BCUT2D eigenvalue weighted by Crippen LogP contribution is 2.18. The first-order valence-electron chi connectivity index (χ1n) is 6.64. The Bertz CT molecular complexity index is 470. The molecule has 1 aliphatic heterocycles. The highest BCUT2D eigenvalue weighted by molar-refractivity contribution is 6.16. The standard InChI is InChI=1S/C14H17ClN2O3/c15-8-12-7-11(9-16)13(10-17-12)18-5-6-20-14-3-1-2-4-19-14/h7,10,14H,1-6,8H2. The van der Waals surface area contributed by atoms with Gasteiger partial charge in [0.2, 0.25) is 0 Å². The number of hydrogen-bond donors (Lipinski definition) is 0. The van der Waals surface area contributed by atoms with E-state index >= 15 is 0 Å². The van der Waals surface area contributed by atoms with Gasteiger partial charge in [-0.05, 0) is 25.3 Å². The minimum Gasteiger partial charge on any atom is -0.488 e. The summed E-state index contributed by atoms with van der Waals surface area (Å²) in [5.41, 5.74) is 1.09. The Morgan fingerprint density at radius 1 is 1.45 bits per heavy atom. The summed E-state index contributed by atoms with van der Waals surface area (Å²) in [4.78, 5) is 4.10. The zero-order valence-corrected chi connectivity index (χ0v) is 11.9. The second kappa shape index (κ2) is 8.05. The minimum absolute atomic E-state index is 0.125. The molecule has 20 heavy (non-hydrogen) atoms. The zero-order valence-electron chi connectivity index (χ0n) is 11.2. The summed E-state index contributed by atoms with van der Waals surface area (Å²) in [5.74, 6) is 0.728. The molecule has 1 fully saturated rings. The normalized spacial score (nSPS) is 18.5. The van der Waals surface area contributed by atoms with E-state index in [1.807, 2.05) is 0 Å². The molecule has 2 rings (SSSR count). The van der Waals surface area contributed by atoms with Crippen molar-refractivity contribution in [2.24, 2.45) is 0 Å². The van der Waals surface area contributed by atoms with E-state index in [1.54, 1.807) is 6.07 Å². The van der Waals surface area contributed by atoms with E-state index in [2.05, 4.69) is 11.1 Å². The lowest BCUT2D eigenvalue weighted by Gasteiger charge is -2.22. The van der Waals surface area contributed by atoms with Gasteiger partial charge in [-0.15, -0.1) is 11.6 Å². The molecule has 0 aliphatic carbocycles. The molecule has 2 heterocycles. The highest BCUT2D eigenvalue weighted by Gasteiger charge is 2.13. The van der Waals surface area contributed by atoms with Gasteiger partial charge < -0.3 is 14.2 Å². The molecule has 0 radical (unpaired) electrons. The molecule has 1 unspecified atom stereocenters. The molecular formula is C14H17ClN2O3. The average Bonchev–Trinajstić information content (AvgIpc) is 2.52. The van der Waals surface area contributed by atoms with Gasteiger partial charge in [0, 0.05) is 6.61 Å². The van der Waals surface area contributed by atoms with Crippen molar-refractivity contribution in [3.63, 3.8) is 0 Å². The molecule has 1 saturated heterocycles. The fraction of sp³-hybridized carbons (Fsp3) is 0.571. The van der Waals surface area contributed by atoms with Gasteiger partial charge in [0.25, 0.3) is 0 Å². The predicted octanol–water partition coefficient (Wildman–Crippen LogP) is 2.61. The summed E-state index contributed by atoms with van der Waals surface area (Å²) in [6, 6.07) is 3.70. The van der Waals surface area contributed by atoms with Gasteiger partial charge in [0.05, 0.1) is 29.9 Å². The first kappa shape index (κ1) is 15.0. The number of halogens is 1. The van der Waals surface area contributed by atoms with Gasteiger partial charge in [-0.2, -0.15) is 5.26 Å². The van der Waals surface area contributed by atoms with Gasteiger partial charge in [-0.25, -0.2) is 0 Å². The lowest BCUT2D eigenvalue weighted by atomic mass is 10.2. The lowest BCUT2D eigenvalue weighted by molar-refractivity contribution is -0.165. The number of hydrogen-bond acceptors (Lipinski definition) is 5. The van der Waals surface area contributed by atoms with Crippen LogP contribution in [0.4, 0.5) is 0 Å². The molecule has 0 amide bonds.